The number of hydrogen-bond donors (Lipinski definition) is 1. The molecule has 1 aliphatic carbocycles. The Balaban J connectivity index is 1.52. The number of carbonyl (C=O) groups excluding carboxylic acids is 1. The van der Waals surface area contributed by atoms with E-state index in [0.717, 1.165) is 16.0 Å². The first-order chi connectivity index (χ1) is 15.0. The maximum atomic E-state index is 13.3. The van der Waals surface area contributed by atoms with E-state index in [2.05, 4.69) is 10.1 Å². The Labute approximate surface area is 190 Å². The fraction of sp³-hybridized carbons (Fsp3) is 0.316. The molecule has 0 fully saturated rings. The minimum Gasteiger partial charge on any atom is -0.272 e. The van der Waals surface area contributed by atoms with Crippen LogP contribution in [0.3, 0.4) is 0 Å². The molecule has 13 heteroatoms. The van der Waals surface area contributed by atoms with Crippen LogP contribution in [-0.4, -0.2) is 29.1 Å². The second-order valence-electron chi connectivity index (χ2n) is 7.16. The van der Waals surface area contributed by atoms with Crippen LogP contribution in [0.15, 0.2) is 34.7 Å². The van der Waals surface area contributed by atoms with Crippen LogP contribution in [0, 0.1) is 0 Å². The van der Waals surface area contributed by atoms with Gasteiger partial charge in [0.05, 0.1) is 0 Å². The number of halogens is 4. The van der Waals surface area contributed by atoms with Gasteiger partial charge in [-0.1, -0.05) is 23.7 Å². The zero-order valence-electron chi connectivity index (χ0n) is 16.3. The summed E-state index contributed by atoms with van der Waals surface area (Å²) in [5.41, 5.74) is 0.0197. The molecule has 2 heterocycles. The van der Waals surface area contributed by atoms with Crippen molar-refractivity contribution in [3.63, 3.8) is 0 Å². The highest BCUT2D eigenvalue weighted by atomic mass is 35.5. The summed E-state index contributed by atoms with van der Waals surface area (Å²) in [7, 11) is -4.31. The van der Waals surface area contributed by atoms with E-state index in [-0.39, 0.29) is 17.0 Å². The summed E-state index contributed by atoms with van der Waals surface area (Å²) in [5.74, 6) is -1.00. The molecule has 0 radical (unpaired) electrons. The smallest absolute Gasteiger partial charge is 0.272 e. The number of amides is 1. The van der Waals surface area contributed by atoms with Gasteiger partial charge in [0.15, 0.2) is 10.7 Å². The molecule has 0 bridgehead atoms. The molecule has 1 amide bonds. The third kappa shape index (κ3) is 4.66. The Kier molecular flexibility index (Phi) is 6.03. The highest BCUT2D eigenvalue weighted by Gasteiger charge is 2.39. The average molecular weight is 505 g/mol. The highest BCUT2D eigenvalue weighted by molar-refractivity contribution is 7.90. The molecule has 0 saturated heterocycles. The molecule has 1 aromatic carbocycles. The minimum atomic E-state index is -4.64. The lowest BCUT2D eigenvalue weighted by atomic mass is 9.95. The van der Waals surface area contributed by atoms with Gasteiger partial charge in [0.1, 0.15) is 11.6 Å². The van der Waals surface area contributed by atoms with Crippen LogP contribution in [-0.2, 0) is 40.4 Å². The first-order valence-electron chi connectivity index (χ1n) is 9.47. The van der Waals surface area contributed by atoms with Crippen molar-refractivity contribution in [2.24, 2.45) is 0 Å². The normalized spacial score (nSPS) is 14.2. The molecule has 1 aliphatic rings. The van der Waals surface area contributed by atoms with Gasteiger partial charge in [-0.25, -0.2) is 9.71 Å². The molecule has 1 N–H and O–H groups in total. The Morgan fingerprint density at radius 3 is 2.56 bits per heavy atom. The minimum absolute atomic E-state index is 0.0755. The van der Waals surface area contributed by atoms with Gasteiger partial charge < -0.3 is 0 Å². The van der Waals surface area contributed by atoms with Crippen molar-refractivity contribution in [2.45, 2.75) is 43.4 Å². The van der Waals surface area contributed by atoms with Crippen molar-refractivity contribution >= 4 is 38.9 Å². The van der Waals surface area contributed by atoms with Gasteiger partial charge in [-0.15, -0.1) is 11.3 Å². The second kappa shape index (κ2) is 8.49. The molecule has 32 heavy (non-hydrogen) atoms. The van der Waals surface area contributed by atoms with Crippen LogP contribution in [0.1, 0.15) is 29.8 Å². The van der Waals surface area contributed by atoms with Crippen molar-refractivity contribution in [2.75, 3.05) is 0 Å². The summed E-state index contributed by atoms with van der Waals surface area (Å²) < 4.78 is 67.8. The summed E-state index contributed by atoms with van der Waals surface area (Å²) in [6, 6.07) is 6.62. The quantitative estimate of drug-likeness (QED) is 0.565. The van der Waals surface area contributed by atoms with Crippen molar-refractivity contribution in [3.05, 3.63) is 51.6 Å². The number of rotatable bonds is 5. The summed E-state index contributed by atoms with van der Waals surface area (Å²) in [6.07, 6.45) is -2.82. The third-order valence-electron chi connectivity index (χ3n) is 4.92. The number of fused-ring (bicyclic) bond motifs is 1. The molecule has 0 aliphatic heterocycles. The van der Waals surface area contributed by atoms with E-state index in [1.54, 1.807) is 24.3 Å². The van der Waals surface area contributed by atoms with Gasteiger partial charge in [-0.05, 0) is 37.8 Å². The topological polar surface area (TPSA) is 94.0 Å². The number of carbonyl (C=O) groups is 1. The van der Waals surface area contributed by atoms with Gasteiger partial charge in [0.25, 0.3) is 15.9 Å². The van der Waals surface area contributed by atoms with Crippen LogP contribution in [0.25, 0.3) is 10.6 Å². The van der Waals surface area contributed by atoms with Crippen molar-refractivity contribution < 1.29 is 26.4 Å². The van der Waals surface area contributed by atoms with Crippen LogP contribution in [0.4, 0.5) is 13.2 Å². The van der Waals surface area contributed by atoms with E-state index in [0.29, 0.717) is 40.6 Å². The predicted molar refractivity (Wildman–Crippen MR) is 112 cm³/mol. The van der Waals surface area contributed by atoms with Gasteiger partial charge in [-0.3, -0.25) is 9.48 Å². The Hall–Kier alpha value is -2.44. The Bertz CT molecular complexity index is 1270. The van der Waals surface area contributed by atoms with Gasteiger partial charge in [0, 0.05) is 27.2 Å². The van der Waals surface area contributed by atoms with Gasteiger partial charge >= 0.3 is 6.18 Å². The number of hydrogen-bond acceptors (Lipinski definition) is 6. The molecule has 3 aromatic rings. The number of benzene rings is 1. The lowest BCUT2D eigenvalue weighted by Gasteiger charge is -2.14. The van der Waals surface area contributed by atoms with Crippen LogP contribution < -0.4 is 4.72 Å². The Morgan fingerprint density at radius 2 is 1.88 bits per heavy atom. The fourth-order valence-electron chi connectivity index (χ4n) is 3.51. The van der Waals surface area contributed by atoms with Crippen LogP contribution in [0.5, 0.6) is 0 Å². The lowest BCUT2D eigenvalue weighted by Crippen LogP contribution is -2.34. The molecule has 0 saturated carbocycles. The van der Waals surface area contributed by atoms with Crippen LogP contribution >= 0.6 is 22.9 Å². The zero-order chi connectivity index (χ0) is 23.1. The highest BCUT2D eigenvalue weighted by Crippen LogP contribution is 2.35. The largest absolute Gasteiger partial charge is 0.435 e. The number of alkyl halides is 3. The molecule has 170 valence electrons. The molecule has 0 atom stereocenters. The maximum absolute atomic E-state index is 13.3. The predicted octanol–water partition coefficient (Wildman–Crippen LogP) is 4.06. The van der Waals surface area contributed by atoms with Crippen molar-refractivity contribution in [3.8, 4) is 10.6 Å². The van der Waals surface area contributed by atoms with E-state index >= 15 is 0 Å². The number of sulfonamides is 1. The molecule has 7 nitrogen and oxygen atoms in total. The van der Waals surface area contributed by atoms with Gasteiger partial charge in [-0.2, -0.15) is 26.7 Å². The van der Waals surface area contributed by atoms with E-state index in [9.17, 15) is 26.4 Å². The number of nitrogens with one attached hydrogen (secondary N) is 1. The molecular weight excluding hydrogens is 489 g/mol. The first-order valence-corrected chi connectivity index (χ1v) is 12.2. The molecule has 2 aromatic heterocycles. The first kappa shape index (κ1) is 22.7. The Morgan fingerprint density at radius 1 is 1.19 bits per heavy atom. The monoisotopic (exact) mass is 504 g/mol. The summed E-state index contributed by atoms with van der Waals surface area (Å²) in [6.45, 7) is -0.647. The summed E-state index contributed by atoms with van der Waals surface area (Å²) >= 11 is 6.91. The number of nitrogens with zero attached hydrogens (tertiary/aromatic N) is 3. The summed E-state index contributed by atoms with van der Waals surface area (Å²) in [5, 5.41) is 5.40. The molecular formula is C19H16ClF3N4O3S2. The molecule has 0 spiro atoms. The van der Waals surface area contributed by atoms with Gasteiger partial charge in [0.2, 0.25) is 0 Å². The molecule has 0 unspecified atom stereocenters. The third-order valence-corrected chi connectivity index (χ3v) is 7.47. The number of thiazole rings is 1. The second-order valence-corrected chi connectivity index (χ2v) is 10.1. The number of aromatic nitrogens is 3. The zero-order valence-corrected chi connectivity index (χ0v) is 18.7. The van der Waals surface area contributed by atoms with E-state index in [1.807, 2.05) is 4.72 Å². The average Bonchev–Trinajstić information content (AvgIpc) is 3.34. The molecule has 4 rings (SSSR count). The van der Waals surface area contributed by atoms with E-state index in [4.69, 9.17) is 11.6 Å². The van der Waals surface area contributed by atoms with E-state index in [1.165, 1.54) is 5.38 Å². The van der Waals surface area contributed by atoms with Crippen molar-refractivity contribution in [1.29, 1.82) is 0 Å². The van der Waals surface area contributed by atoms with Crippen molar-refractivity contribution in [1.82, 2.24) is 19.5 Å². The van der Waals surface area contributed by atoms with Crippen LogP contribution in [0.2, 0.25) is 5.02 Å². The fourth-order valence-corrected chi connectivity index (χ4v) is 5.71. The van der Waals surface area contributed by atoms with E-state index < -0.39 is 34.3 Å². The maximum Gasteiger partial charge on any atom is 0.435 e. The lowest BCUT2D eigenvalue weighted by molar-refractivity contribution is -0.142. The summed E-state index contributed by atoms with van der Waals surface area (Å²) in [4.78, 5) is 16.4. The standard InChI is InChI=1S/C19H16ClF3N4O3S2/c20-12-7-5-11(6-8-12)18-24-16(10-31-18)32(29,30)26-15(28)9-27-14-4-2-1-3-13(14)17(25-27)19(21,22)23/h5-8,10H,1-4,9H2,(H,26,28). The SMILES string of the molecule is O=C(Cn1nc(C(F)(F)F)c2c1CCCC2)NS(=O)(=O)c1csc(-c2ccc(Cl)cc2)n1.